The summed E-state index contributed by atoms with van der Waals surface area (Å²) in [6.07, 6.45) is -0.287. The van der Waals surface area contributed by atoms with Gasteiger partial charge in [0.2, 0.25) is 0 Å². The third kappa shape index (κ3) is 3.98. The first-order valence-electron chi connectivity index (χ1n) is 10.0. The van der Waals surface area contributed by atoms with Crippen LogP contribution in [0.1, 0.15) is 37.6 Å². The highest BCUT2D eigenvalue weighted by Gasteiger charge is 2.20. The van der Waals surface area contributed by atoms with Crippen molar-refractivity contribution in [1.82, 2.24) is 13.7 Å². The summed E-state index contributed by atoms with van der Waals surface area (Å²) in [5.41, 5.74) is -1.63. The Balaban J connectivity index is 1.90. The molecule has 0 fully saturated rings. The highest BCUT2D eigenvalue weighted by atomic mass is 16.5. The van der Waals surface area contributed by atoms with Gasteiger partial charge in [-0.2, -0.15) is 0 Å². The monoisotopic (exact) mass is 411 g/mol. The minimum absolute atomic E-state index is 0.117. The number of hydrogen-bond donors (Lipinski definition) is 0. The molecule has 158 valence electrons. The van der Waals surface area contributed by atoms with E-state index in [1.165, 1.54) is 0 Å². The van der Waals surface area contributed by atoms with Gasteiger partial charge >= 0.3 is 23.0 Å². The van der Waals surface area contributed by atoms with Crippen molar-refractivity contribution in [3.8, 4) is 0 Å². The Morgan fingerprint density at radius 3 is 1.97 bits per heavy atom. The maximum atomic E-state index is 12.7. The molecule has 0 saturated carbocycles. The summed E-state index contributed by atoms with van der Waals surface area (Å²) >= 11 is 0. The molecule has 30 heavy (non-hydrogen) atoms. The molecule has 0 spiro atoms. The Labute approximate surface area is 173 Å². The molecule has 0 aliphatic carbocycles. The lowest BCUT2D eigenvalue weighted by molar-refractivity contribution is 0.0242. The highest BCUT2D eigenvalue weighted by molar-refractivity contribution is 5.95. The number of rotatable bonds is 7. The van der Waals surface area contributed by atoms with E-state index >= 15 is 0 Å². The quantitative estimate of drug-likeness (QED) is 0.555. The Bertz CT molecular complexity index is 1210. The van der Waals surface area contributed by atoms with Crippen molar-refractivity contribution in [2.24, 2.45) is 0 Å². The highest BCUT2D eigenvalue weighted by Crippen LogP contribution is 2.17. The molecule has 0 aliphatic rings. The Hall–Kier alpha value is -3.42. The number of carbonyl (C=O) groups is 1. The van der Waals surface area contributed by atoms with Gasteiger partial charge in [-0.3, -0.25) is 0 Å². The van der Waals surface area contributed by atoms with Gasteiger partial charge in [0.15, 0.2) is 0 Å². The maximum Gasteiger partial charge on any atom is 0.338 e. The van der Waals surface area contributed by atoms with Crippen LogP contribution in [0.5, 0.6) is 0 Å². The van der Waals surface area contributed by atoms with Gasteiger partial charge < -0.3 is 4.74 Å². The van der Waals surface area contributed by atoms with Crippen molar-refractivity contribution >= 4 is 16.7 Å². The summed E-state index contributed by atoms with van der Waals surface area (Å²) < 4.78 is 8.57. The second-order valence-corrected chi connectivity index (χ2v) is 6.94. The predicted molar refractivity (Wildman–Crippen MR) is 114 cm³/mol. The van der Waals surface area contributed by atoms with Crippen LogP contribution in [0.3, 0.4) is 0 Å². The summed E-state index contributed by atoms with van der Waals surface area (Å²) in [6.45, 7) is 5.30. The van der Waals surface area contributed by atoms with Crippen LogP contribution in [-0.4, -0.2) is 25.8 Å². The summed E-state index contributed by atoms with van der Waals surface area (Å²) in [5, 5.41) is 1.92. The van der Waals surface area contributed by atoms with E-state index in [9.17, 15) is 19.2 Å². The molecule has 0 amide bonds. The van der Waals surface area contributed by atoms with Gasteiger partial charge in [-0.25, -0.2) is 32.9 Å². The zero-order valence-corrected chi connectivity index (χ0v) is 17.3. The van der Waals surface area contributed by atoms with Crippen LogP contribution < -0.4 is 17.1 Å². The van der Waals surface area contributed by atoms with Gasteiger partial charge in [0, 0.05) is 13.1 Å². The standard InChI is InChI=1S/C22H25N3O5/c1-4-18(14-25-21(28)23(5-2)20(27)24(6-3)22(25)29)30-19(26)17-12-11-15-9-7-8-10-16(15)13-17/h7-13,18H,4-6,14H2,1-3H3. The van der Waals surface area contributed by atoms with Gasteiger partial charge in [0.05, 0.1) is 12.1 Å². The zero-order valence-electron chi connectivity index (χ0n) is 17.3. The first kappa shape index (κ1) is 21.3. The number of esters is 1. The fourth-order valence-corrected chi connectivity index (χ4v) is 3.37. The minimum atomic E-state index is -0.697. The van der Waals surface area contributed by atoms with Crippen LogP contribution in [0.2, 0.25) is 0 Å². The molecular weight excluding hydrogens is 386 g/mol. The average Bonchev–Trinajstić information content (AvgIpc) is 2.76. The van der Waals surface area contributed by atoms with Crippen LogP contribution in [-0.2, 0) is 24.4 Å². The first-order valence-corrected chi connectivity index (χ1v) is 10.0. The Morgan fingerprint density at radius 2 is 1.40 bits per heavy atom. The normalized spacial score (nSPS) is 12.1. The number of benzene rings is 2. The van der Waals surface area contributed by atoms with Crippen molar-refractivity contribution in [3.05, 3.63) is 79.5 Å². The molecule has 8 nitrogen and oxygen atoms in total. The lowest BCUT2D eigenvalue weighted by Gasteiger charge is -2.19. The van der Waals surface area contributed by atoms with Crippen molar-refractivity contribution in [3.63, 3.8) is 0 Å². The van der Waals surface area contributed by atoms with Crippen LogP contribution in [0.25, 0.3) is 10.8 Å². The number of ether oxygens (including phenoxy) is 1. The lowest BCUT2D eigenvalue weighted by atomic mass is 10.1. The van der Waals surface area contributed by atoms with Gasteiger partial charge in [-0.05, 0) is 43.2 Å². The maximum absolute atomic E-state index is 12.7. The molecule has 3 aromatic rings. The predicted octanol–water partition coefficient (Wildman–Crippen LogP) is 2.00. The summed E-state index contributed by atoms with van der Waals surface area (Å²) in [4.78, 5) is 50.2. The van der Waals surface area contributed by atoms with E-state index in [-0.39, 0.29) is 19.6 Å². The number of carbonyl (C=O) groups excluding carboxylic acids is 1. The fraction of sp³-hybridized carbons (Fsp3) is 0.364. The number of fused-ring (bicyclic) bond motifs is 1. The van der Waals surface area contributed by atoms with Crippen molar-refractivity contribution < 1.29 is 9.53 Å². The van der Waals surface area contributed by atoms with Crippen LogP contribution in [0, 0.1) is 0 Å². The Morgan fingerprint density at radius 1 is 0.833 bits per heavy atom. The Kier molecular flexibility index (Phi) is 6.34. The molecule has 1 unspecified atom stereocenters. The van der Waals surface area contributed by atoms with E-state index in [0.717, 1.165) is 24.5 Å². The SMILES string of the molecule is CCC(Cn1c(=O)n(CC)c(=O)n(CC)c1=O)OC(=O)c1ccc2ccccc2c1. The van der Waals surface area contributed by atoms with E-state index < -0.39 is 29.1 Å². The van der Waals surface area contributed by atoms with Crippen molar-refractivity contribution in [1.29, 1.82) is 0 Å². The second-order valence-electron chi connectivity index (χ2n) is 6.94. The molecule has 3 rings (SSSR count). The van der Waals surface area contributed by atoms with E-state index in [1.807, 2.05) is 30.3 Å². The molecule has 8 heteroatoms. The van der Waals surface area contributed by atoms with Crippen molar-refractivity contribution in [2.45, 2.75) is 52.9 Å². The second kappa shape index (κ2) is 8.94. The van der Waals surface area contributed by atoms with Crippen LogP contribution >= 0.6 is 0 Å². The van der Waals surface area contributed by atoms with E-state index in [4.69, 9.17) is 4.74 Å². The van der Waals surface area contributed by atoms with Gasteiger partial charge in [-0.1, -0.05) is 37.3 Å². The smallest absolute Gasteiger partial charge is 0.338 e. The van der Waals surface area contributed by atoms with Gasteiger partial charge in [0.1, 0.15) is 6.10 Å². The molecule has 1 aromatic heterocycles. The zero-order chi connectivity index (χ0) is 21.8. The molecule has 0 bridgehead atoms. The molecule has 1 atom stereocenters. The van der Waals surface area contributed by atoms with Gasteiger partial charge in [-0.15, -0.1) is 0 Å². The summed E-state index contributed by atoms with van der Waals surface area (Å²) in [5.74, 6) is -0.528. The van der Waals surface area contributed by atoms with E-state index in [2.05, 4.69) is 0 Å². The van der Waals surface area contributed by atoms with Crippen LogP contribution in [0.15, 0.2) is 56.8 Å². The molecular formula is C22H25N3O5. The average molecular weight is 411 g/mol. The summed E-state index contributed by atoms with van der Waals surface area (Å²) in [7, 11) is 0. The molecule has 0 saturated heterocycles. The molecule has 1 heterocycles. The summed E-state index contributed by atoms with van der Waals surface area (Å²) in [6, 6.07) is 12.9. The molecule has 2 aromatic carbocycles. The first-order chi connectivity index (χ1) is 14.4. The van der Waals surface area contributed by atoms with E-state index in [0.29, 0.717) is 12.0 Å². The number of nitrogens with zero attached hydrogens (tertiary/aromatic N) is 3. The molecule has 0 aliphatic heterocycles. The van der Waals surface area contributed by atoms with Crippen molar-refractivity contribution in [2.75, 3.05) is 0 Å². The third-order valence-electron chi connectivity index (χ3n) is 5.12. The lowest BCUT2D eigenvalue weighted by Crippen LogP contribution is -2.55. The fourth-order valence-electron chi connectivity index (χ4n) is 3.37. The third-order valence-corrected chi connectivity index (χ3v) is 5.12. The number of hydrogen-bond acceptors (Lipinski definition) is 5. The topological polar surface area (TPSA) is 92.3 Å². The minimum Gasteiger partial charge on any atom is -0.457 e. The van der Waals surface area contributed by atoms with Crippen LogP contribution in [0.4, 0.5) is 0 Å². The van der Waals surface area contributed by atoms with E-state index in [1.54, 1.807) is 32.9 Å². The molecule has 0 radical (unpaired) electrons. The largest absolute Gasteiger partial charge is 0.457 e. The number of aromatic nitrogens is 3. The molecule has 0 N–H and O–H groups in total. The van der Waals surface area contributed by atoms with Gasteiger partial charge in [0.25, 0.3) is 0 Å².